The molecule has 1 aliphatic heterocycles. The number of nitrogens with one attached hydrogen (secondary N) is 1. The summed E-state index contributed by atoms with van der Waals surface area (Å²) >= 11 is 0. The molecule has 2 unspecified atom stereocenters. The first-order chi connectivity index (χ1) is 12.7. The van der Waals surface area contributed by atoms with Crippen molar-refractivity contribution in [2.75, 3.05) is 13.1 Å². The van der Waals surface area contributed by atoms with E-state index in [0.717, 1.165) is 50.9 Å². The molecule has 4 heteroatoms. The Hall–Kier alpha value is -2.07. The van der Waals surface area contributed by atoms with Crippen molar-refractivity contribution in [2.24, 2.45) is 17.1 Å². The summed E-state index contributed by atoms with van der Waals surface area (Å²) in [6.45, 7) is 4.01. The summed E-state index contributed by atoms with van der Waals surface area (Å²) in [5, 5.41) is 3.39. The Labute approximate surface area is 156 Å². The van der Waals surface area contributed by atoms with Gasteiger partial charge in [-0.15, -0.1) is 0 Å². The second-order valence-corrected chi connectivity index (χ2v) is 7.34. The second kappa shape index (κ2) is 8.54. The zero-order valence-corrected chi connectivity index (χ0v) is 15.6. The minimum absolute atomic E-state index is 0.191. The summed E-state index contributed by atoms with van der Waals surface area (Å²) < 4.78 is 6.45. The molecule has 2 atom stereocenters. The van der Waals surface area contributed by atoms with Gasteiger partial charge in [0, 0.05) is 0 Å². The number of primary amides is 1. The maximum absolute atomic E-state index is 12.8. The van der Waals surface area contributed by atoms with Crippen LogP contribution in [0.3, 0.4) is 0 Å². The minimum atomic E-state index is -0.782. The van der Waals surface area contributed by atoms with Crippen LogP contribution in [0.15, 0.2) is 54.1 Å². The lowest BCUT2D eigenvalue weighted by atomic mass is 9.63. The largest absolute Gasteiger partial charge is 0.485 e. The van der Waals surface area contributed by atoms with Gasteiger partial charge in [-0.3, -0.25) is 4.79 Å². The van der Waals surface area contributed by atoms with E-state index >= 15 is 0 Å². The van der Waals surface area contributed by atoms with Gasteiger partial charge in [0.2, 0.25) is 5.91 Å². The minimum Gasteiger partial charge on any atom is -0.485 e. The van der Waals surface area contributed by atoms with Crippen LogP contribution >= 0.6 is 0 Å². The van der Waals surface area contributed by atoms with Gasteiger partial charge in [-0.25, -0.2) is 0 Å². The van der Waals surface area contributed by atoms with Gasteiger partial charge in [-0.1, -0.05) is 49.8 Å². The highest BCUT2D eigenvalue weighted by Crippen LogP contribution is 2.45. The van der Waals surface area contributed by atoms with Gasteiger partial charge in [0.15, 0.2) is 0 Å². The lowest BCUT2D eigenvalue weighted by Crippen LogP contribution is -2.56. The van der Waals surface area contributed by atoms with E-state index in [-0.39, 0.29) is 17.9 Å². The summed E-state index contributed by atoms with van der Waals surface area (Å²) in [5.74, 6) is 0.704. The topological polar surface area (TPSA) is 64.4 Å². The molecule has 0 spiro atoms. The van der Waals surface area contributed by atoms with E-state index in [4.69, 9.17) is 10.5 Å². The lowest BCUT2D eigenvalue weighted by Gasteiger charge is -2.45. The first-order valence-corrected chi connectivity index (χ1v) is 9.79. The second-order valence-electron chi connectivity index (χ2n) is 7.34. The molecule has 0 radical (unpaired) electrons. The summed E-state index contributed by atoms with van der Waals surface area (Å²) in [7, 11) is 0. The number of ether oxygens (including phenoxy) is 1. The molecule has 0 aromatic heterocycles. The first kappa shape index (κ1) is 18.7. The predicted molar refractivity (Wildman–Crippen MR) is 105 cm³/mol. The third kappa shape index (κ3) is 3.70. The van der Waals surface area contributed by atoms with E-state index in [9.17, 15) is 4.79 Å². The number of para-hydroxylation sites is 1. The zero-order valence-electron chi connectivity index (χ0n) is 15.6. The van der Waals surface area contributed by atoms with Crippen LogP contribution < -0.4 is 15.8 Å². The smallest absolute Gasteiger partial charge is 0.231 e. The molecule has 0 bridgehead atoms. The fourth-order valence-corrected chi connectivity index (χ4v) is 4.28. The SMILES string of the molecule is CCCCC1=CC=CC(C(N)=O)(C2CCNCC2)C1Oc1ccccc1. The molecule has 3 rings (SSSR count). The van der Waals surface area contributed by atoms with Crippen LogP contribution in [0.25, 0.3) is 0 Å². The van der Waals surface area contributed by atoms with Gasteiger partial charge in [-0.2, -0.15) is 0 Å². The molecule has 1 fully saturated rings. The molecular formula is C22H30N2O2. The molecule has 1 amide bonds. The molecule has 3 N–H and O–H groups in total. The van der Waals surface area contributed by atoms with Crippen LogP contribution in [-0.2, 0) is 4.79 Å². The Kier molecular flexibility index (Phi) is 6.15. The van der Waals surface area contributed by atoms with Crippen LogP contribution in [0.5, 0.6) is 5.75 Å². The molecule has 1 aromatic carbocycles. The standard InChI is InChI=1S/C22H30N2O2/c1-2-3-8-17-9-7-14-22(21(23)25,18-12-15-24-16-13-18)20(17)26-19-10-5-4-6-11-19/h4-7,9-11,14,18,20,24H,2-3,8,12-13,15-16H2,1H3,(H2,23,25). The fourth-order valence-electron chi connectivity index (χ4n) is 4.28. The van der Waals surface area contributed by atoms with Crippen molar-refractivity contribution >= 4 is 5.91 Å². The van der Waals surface area contributed by atoms with Crippen molar-refractivity contribution in [1.82, 2.24) is 5.32 Å². The number of carbonyl (C=O) groups excluding carboxylic acids is 1. The quantitative estimate of drug-likeness (QED) is 0.786. The number of carbonyl (C=O) groups is 1. The maximum Gasteiger partial charge on any atom is 0.231 e. The summed E-state index contributed by atoms with van der Waals surface area (Å²) in [6, 6.07) is 9.78. The monoisotopic (exact) mass is 354 g/mol. The van der Waals surface area contributed by atoms with E-state index < -0.39 is 5.41 Å². The third-order valence-electron chi connectivity index (χ3n) is 5.71. The van der Waals surface area contributed by atoms with Crippen LogP contribution in [0.1, 0.15) is 39.0 Å². The number of hydrogen-bond acceptors (Lipinski definition) is 3. The third-order valence-corrected chi connectivity index (χ3v) is 5.71. The molecule has 1 saturated heterocycles. The number of unbranched alkanes of at least 4 members (excludes halogenated alkanes) is 1. The van der Waals surface area contributed by atoms with Crippen molar-refractivity contribution in [3.05, 3.63) is 54.1 Å². The maximum atomic E-state index is 12.8. The van der Waals surface area contributed by atoms with Gasteiger partial charge in [-0.05, 0) is 62.4 Å². The van der Waals surface area contributed by atoms with Crippen molar-refractivity contribution < 1.29 is 9.53 Å². The molecular weight excluding hydrogens is 324 g/mol. The zero-order chi connectivity index (χ0) is 18.4. The molecule has 1 heterocycles. The van der Waals surface area contributed by atoms with E-state index in [1.165, 1.54) is 5.57 Å². The Bertz CT molecular complexity index is 662. The van der Waals surface area contributed by atoms with Gasteiger partial charge in [0.05, 0.1) is 0 Å². The van der Waals surface area contributed by atoms with Crippen molar-refractivity contribution in [2.45, 2.75) is 45.1 Å². The predicted octanol–water partition coefficient (Wildman–Crippen LogP) is 3.59. The normalized spacial score (nSPS) is 26.3. The average molecular weight is 354 g/mol. The molecule has 140 valence electrons. The Morgan fingerprint density at radius 2 is 2.00 bits per heavy atom. The van der Waals surface area contributed by atoms with E-state index in [2.05, 4.69) is 18.3 Å². The Morgan fingerprint density at radius 3 is 2.65 bits per heavy atom. The highest BCUT2D eigenvalue weighted by atomic mass is 16.5. The van der Waals surface area contributed by atoms with E-state index in [1.54, 1.807) is 0 Å². The Morgan fingerprint density at radius 1 is 1.27 bits per heavy atom. The molecule has 2 aliphatic rings. The van der Waals surface area contributed by atoms with Crippen LogP contribution in [-0.4, -0.2) is 25.1 Å². The van der Waals surface area contributed by atoms with Crippen LogP contribution in [0, 0.1) is 11.3 Å². The van der Waals surface area contributed by atoms with Crippen LogP contribution in [0.2, 0.25) is 0 Å². The van der Waals surface area contributed by atoms with E-state index in [0.29, 0.717) is 0 Å². The number of amides is 1. The summed E-state index contributed by atoms with van der Waals surface area (Å²) in [5.41, 5.74) is 6.44. The highest BCUT2D eigenvalue weighted by molar-refractivity contribution is 5.85. The number of hydrogen-bond donors (Lipinski definition) is 2. The van der Waals surface area contributed by atoms with Gasteiger partial charge in [0.1, 0.15) is 17.3 Å². The molecule has 26 heavy (non-hydrogen) atoms. The lowest BCUT2D eigenvalue weighted by molar-refractivity contribution is -0.133. The van der Waals surface area contributed by atoms with Gasteiger partial charge < -0.3 is 15.8 Å². The van der Waals surface area contributed by atoms with Crippen molar-refractivity contribution in [1.29, 1.82) is 0 Å². The number of piperidine rings is 1. The fraction of sp³-hybridized carbons (Fsp3) is 0.500. The summed E-state index contributed by atoms with van der Waals surface area (Å²) in [6.07, 6.45) is 10.8. The number of allylic oxidation sites excluding steroid dienone is 2. The van der Waals surface area contributed by atoms with E-state index in [1.807, 2.05) is 42.5 Å². The molecule has 1 aromatic rings. The molecule has 4 nitrogen and oxygen atoms in total. The van der Waals surface area contributed by atoms with Gasteiger partial charge in [0.25, 0.3) is 0 Å². The number of nitrogens with two attached hydrogens (primary N) is 1. The number of benzene rings is 1. The van der Waals surface area contributed by atoms with Gasteiger partial charge >= 0.3 is 0 Å². The van der Waals surface area contributed by atoms with Crippen molar-refractivity contribution in [3.63, 3.8) is 0 Å². The Balaban J connectivity index is 1.99. The molecule has 1 aliphatic carbocycles. The molecule has 0 saturated carbocycles. The van der Waals surface area contributed by atoms with Crippen LogP contribution in [0.4, 0.5) is 0 Å². The van der Waals surface area contributed by atoms with Crippen molar-refractivity contribution in [3.8, 4) is 5.75 Å². The number of rotatable bonds is 7. The highest BCUT2D eigenvalue weighted by Gasteiger charge is 2.52. The average Bonchev–Trinajstić information content (AvgIpc) is 2.68. The first-order valence-electron chi connectivity index (χ1n) is 9.79. The summed E-state index contributed by atoms with van der Waals surface area (Å²) in [4.78, 5) is 12.8.